The average molecular weight is 200 g/mol. The fourth-order valence-corrected chi connectivity index (χ4v) is 1.11. The fraction of sp³-hybridized carbons (Fsp3) is 0.583. The Hall–Kier alpha value is -0.880. The molecule has 0 saturated heterocycles. The highest BCUT2D eigenvalue weighted by Gasteiger charge is 1.97. The molecule has 14 heavy (non-hydrogen) atoms. The van der Waals surface area contributed by atoms with E-state index in [9.17, 15) is 8.78 Å². The quantitative estimate of drug-likeness (QED) is 0.446. The summed E-state index contributed by atoms with van der Waals surface area (Å²) in [5.41, 5.74) is 3.23. The molecule has 0 N–H and O–H groups in total. The molecule has 0 unspecified atom stereocenters. The Bertz CT molecular complexity index is 237. The molecular weight excluding hydrogens is 182 g/mol. The number of hydrogen-bond acceptors (Lipinski definition) is 0. The van der Waals surface area contributed by atoms with Gasteiger partial charge in [-0.1, -0.05) is 24.3 Å². The standard InChI is InChI=1S/C12H18F2/c1-10(2)6-4-7-11(3)8-5-9-12(13)14/h5-6,11H,4,7-8H2,1-3H3/t11-/m1/s1. The van der Waals surface area contributed by atoms with Crippen molar-refractivity contribution >= 4 is 0 Å². The molecule has 0 aromatic carbocycles. The number of allylic oxidation sites excluding steroid dienone is 3. The molecule has 0 amide bonds. The zero-order chi connectivity index (χ0) is 11.0. The summed E-state index contributed by atoms with van der Waals surface area (Å²) in [5, 5.41) is 0. The molecule has 0 aromatic heterocycles. The van der Waals surface area contributed by atoms with Gasteiger partial charge in [0.2, 0.25) is 0 Å². The van der Waals surface area contributed by atoms with Gasteiger partial charge in [-0.3, -0.25) is 0 Å². The summed E-state index contributed by atoms with van der Waals surface area (Å²) >= 11 is 0. The third-order valence-corrected chi connectivity index (χ3v) is 1.94. The van der Waals surface area contributed by atoms with Crippen molar-refractivity contribution in [3.63, 3.8) is 0 Å². The van der Waals surface area contributed by atoms with Crippen molar-refractivity contribution in [3.05, 3.63) is 29.5 Å². The predicted molar refractivity (Wildman–Crippen MR) is 56.3 cm³/mol. The van der Waals surface area contributed by atoms with E-state index in [2.05, 4.69) is 26.8 Å². The minimum absolute atomic E-state index is 0.442. The van der Waals surface area contributed by atoms with Gasteiger partial charge in [0.25, 0.3) is 0 Å². The molecule has 80 valence electrons. The summed E-state index contributed by atoms with van der Waals surface area (Å²) in [6.45, 7) is 6.19. The van der Waals surface area contributed by atoms with Crippen LogP contribution in [0.5, 0.6) is 0 Å². The lowest BCUT2D eigenvalue weighted by molar-refractivity contribution is 0.423. The molecule has 0 spiro atoms. The first kappa shape index (κ1) is 13.1. The zero-order valence-electron chi connectivity index (χ0n) is 9.11. The van der Waals surface area contributed by atoms with Crippen LogP contribution in [0.2, 0.25) is 0 Å². The lowest BCUT2D eigenvalue weighted by atomic mass is 10.0. The van der Waals surface area contributed by atoms with Gasteiger partial charge in [-0.15, -0.1) is 0 Å². The van der Waals surface area contributed by atoms with Crippen molar-refractivity contribution in [2.24, 2.45) is 5.92 Å². The van der Waals surface area contributed by atoms with Gasteiger partial charge < -0.3 is 0 Å². The van der Waals surface area contributed by atoms with Crippen LogP contribution in [-0.2, 0) is 0 Å². The maximum atomic E-state index is 11.6. The van der Waals surface area contributed by atoms with E-state index in [-0.39, 0.29) is 0 Å². The van der Waals surface area contributed by atoms with Gasteiger partial charge in [0.05, 0.1) is 0 Å². The summed E-state index contributed by atoms with van der Waals surface area (Å²) in [6.07, 6.45) is 4.60. The lowest BCUT2D eigenvalue weighted by Gasteiger charge is -2.05. The molecule has 0 bridgehead atoms. The third-order valence-electron chi connectivity index (χ3n) is 1.94. The smallest absolute Gasteiger partial charge is 0.164 e. The van der Waals surface area contributed by atoms with Crippen LogP contribution in [0.25, 0.3) is 0 Å². The second-order valence-electron chi connectivity index (χ2n) is 3.81. The number of halogens is 2. The van der Waals surface area contributed by atoms with Crippen LogP contribution in [0.3, 0.4) is 0 Å². The highest BCUT2D eigenvalue weighted by molar-refractivity contribution is 4.93. The van der Waals surface area contributed by atoms with E-state index in [0.717, 1.165) is 12.8 Å². The minimum Gasteiger partial charge on any atom is -0.164 e. The minimum atomic E-state index is -1.73. The fourth-order valence-electron chi connectivity index (χ4n) is 1.11. The Morgan fingerprint density at radius 2 is 2.00 bits per heavy atom. The first-order valence-electron chi connectivity index (χ1n) is 4.92. The summed E-state index contributed by atoms with van der Waals surface area (Å²) < 4.78 is 23.2. The zero-order valence-corrected chi connectivity index (χ0v) is 9.11. The van der Waals surface area contributed by atoms with E-state index < -0.39 is 6.08 Å². The Kier molecular flexibility index (Phi) is 7.04. The molecule has 0 nitrogen and oxygen atoms in total. The van der Waals surface area contributed by atoms with E-state index in [0.29, 0.717) is 12.3 Å². The monoisotopic (exact) mass is 200 g/mol. The van der Waals surface area contributed by atoms with Crippen LogP contribution in [0.4, 0.5) is 8.78 Å². The van der Waals surface area contributed by atoms with Gasteiger partial charge in [0.15, 0.2) is 0 Å². The Morgan fingerprint density at radius 3 is 2.50 bits per heavy atom. The number of rotatable bonds is 5. The van der Waals surface area contributed by atoms with Gasteiger partial charge in [-0.05, 0) is 45.1 Å². The Morgan fingerprint density at radius 1 is 1.36 bits per heavy atom. The average Bonchev–Trinajstić information content (AvgIpc) is 2.02. The molecule has 0 heterocycles. The van der Waals surface area contributed by atoms with Crippen molar-refractivity contribution in [3.8, 4) is 0 Å². The van der Waals surface area contributed by atoms with Crippen LogP contribution >= 0.6 is 0 Å². The summed E-state index contributed by atoms with van der Waals surface area (Å²) in [4.78, 5) is 0. The normalized spacial score (nSPS) is 11.5. The largest absolute Gasteiger partial charge is 0.312 e. The number of hydrogen-bond donors (Lipinski definition) is 0. The highest BCUT2D eigenvalue weighted by Crippen LogP contribution is 2.12. The van der Waals surface area contributed by atoms with Crippen LogP contribution in [-0.4, -0.2) is 0 Å². The summed E-state index contributed by atoms with van der Waals surface area (Å²) in [6, 6.07) is 0. The molecular formula is C12H18F2. The molecule has 0 aliphatic carbocycles. The molecule has 0 fully saturated rings. The Labute approximate surface area is 85.0 Å². The summed E-state index contributed by atoms with van der Waals surface area (Å²) in [7, 11) is 0. The Balaban J connectivity index is 3.72. The van der Waals surface area contributed by atoms with E-state index in [1.54, 1.807) is 0 Å². The highest BCUT2D eigenvalue weighted by atomic mass is 19.3. The molecule has 0 aromatic rings. The van der Waals surface area contributed by atoms with Crippen LogP contribution < -0.4 is 0 Å². The van der Waals surface area contributed by atoms with Crippen LogP contribution in [0.15, 0.2) is 29.5 Å². The van der Waals surface area contributed by atoms with Crippen molar-refractivity contribution in [1.82, 2.24) is 0 Å². The van der Waals surface area contributed by atoms with Crippen LogP contribution in [0.1, 0.15) is 40.0 Å². The maximum Gasteiger partial charge on any atom is 0.312 e. The van der Waals surface area contributed by atoms with Gasteiger partial charge in [-0.25, -0.2) is 0 Å². The van der Waals surface area contributed by atoms with Crippen LogP contribution in [0, 0.1) is 5.92 Å². The molecule has 0 radical (unpaired) electrons. The van der Waals surface area contributed by atoms with Crippen molar-refractivity contribution < 1.29 is 8.78 Å². The van der Waals surface area contributed by atoms with Crippen molar-refractivity contribution in [1.29, 1.82) is 0 Å². The SMILES string of the molecule is CC(C)=CCC[C@@H](C)CC=C=C(F)F. The van der Waals surface area contributed by atoms with Gasteiger partial charge in [-0.2, -0.15) is 8.78 Å². The van der Waals surface area contributed by atoms with E-state index in [1.165, 1.54) is 11.6 Å². The van der Waals surface area contributed by atoms with Crippen molar-refractivity contribution in [2.75, 3.05) is 0 Å². The summed E-state index contributed by atoms with van der Waals surface area (Å²) in [5.74, 6) is 0.442. The third kappa shape index (κ3) is 9.21. The predicted octanol–water partition coefficient (Wildman–Crippen LogP) is 4.69. The molecule has 1 atom stereocenters. The van der Waals surface area contributed by atoms with Crippen molar-refractivity contribution in [2.45, 2.75) is 40.0 Å². The first-order valence-corrected chi connectivity index (χ1v) is 4.92. The van der Waals surface area contributed by atoms with Gasteiger partial charge >= 0.3 is 6.08 Å². The topological polar surface area (TPSA) is 0 Å². The first-order chi connectivity index (χ1) is 6.52. The van der Waals surface area contributed by atoms with E-state index in [1.807, 2.05) is 5.73 Å². The molecule has 0 aliphatic heterocycles. The lowest BCUT2D eigenvalue weighted by Crippen LogP contribution is -1.90. The van der Waals surface area contributed by atoms with Gasteiger partial charge in [0.1, 0.15) is 0 Å². The molecule has 0 rings (SSSR count). The second kappa shape index (κ2) is 7.52. The van der Waals surface area contributed by atoms with Gasteiger partial charge in [0, 0.05) is 0 Å². The maximum absolute atomic E-state index is 11.6. The molecule has 2 heteroatoms. The van der Waals surface area contributed by atoms with E-state index >= 15 is 0 Å². The molecule has 0 saturated carbocycles. The molecule has 0 aliphatic rings. The second-order valence-corrected chi connectivity index (χ2v) is 3.81. The van der Waals surface area contributed by atoms with E-state index in [4.69, 9.17) is 0 Å².